The molecule has 1 aliphatic rings. The third kappa shape index (κ3) is 3.52. The summed E-state index contributed by atoms with van der Waals surface area (Å²) in [6.07, 6.45) is 1.15. The summed E-state index contributed by atoms with van der Waals surface area (Å²) in [4.78, 5) is 0. The average Bonchev–Trinajstić information content (AvgIpc) is 2.53. The molecule has 72 valence electrons. The van der Waals surface area contributed by atoms with Gasteiger partial charge in [0.15, 0.2) is 0 Å². The standard InChI is InChI=1S/C9H19NO2/c1-8(6-11-2)5-10-9-3-4-12-7-9/h8-10H,3-7H2,1-2H3. The van der Waals surface area contributed by atoms with Crippen LogP contribution in [0.2, 0.25) is 0 Å². The Hall–Kier alpha value is -0.120. The highest BCUT2D eigenvalue weighted by Gasteiger charge is 2.15. The molecule has 1 saturated heterocycles. The van der Waals surface area contributed by atoms with Crippen molar-refractivity contribution in [2.24, 2.45) is 5.92 Å². The minimum absolute atomic E-state index is 0.573. The second kappa shape index (κ2) is 5.51. The van der Waals surface area contributed by atoms with Crippen LogP contribution >= 0.6 is 0 Å². The minimum atomic E-state index is 0.573. The summed E-state index contributed by atoms with van der Waals surface area (Å²) in [5.74, 6) is 0.593. The lowest BCUT2D eigenvalue weighted by molar-refractivity contribution is 0.154. The van der Waals surface area contributed by atoms with Gasteiger partial charge >= 0.3 is 0 Å². The van der Waals surface area contributed by atoms with E-state index in [-0.39, 0.29) is 0 Å². The van der Waals surface area contributed by atoms with E-state index in [2.05, 4.69) is 12.2 Å². The fraction of sp³-hybridized carbons (Fsp3) is 1.00. The molecule has 2 atom stereocenters. The van der Waals surface area contributed by atoms with Crippen LogP contribution in [0.4, 0.5) is 0 Å². The molecule has 0 aromatic rings. The number of methoxy groups -OCH3 is 1. The SMILES string of the molecule is COCC(C)CNC1CCOC1. The zero-order valence-corrected chi connectivity index (χ0v) is 8.01. The van der Waals surface area contributed by atoms with Gasteiger partial charge in [0, 0.05) is 32.9 Å². The molecule has 0 aliphatic carbocycles. The van der Waals surface area contributed by atoms with Crippen molar-refractivity contribution in [3.05, 3.63) is 0 Å². The van der Waals surface area contributed by atoms with Gasteiger partial charge in [0.2, 0.25) is 0 Å². The highest BCUT2D eigenvalue weighted by Crippen LogP contribution is 2.04. The third-order valence-corrected chi connectivity index (χ3v) is 2.14. The van der Waals surface area contributed by atoms with E-state index >= 15 is 0 Å². The van der Waals surface area contributed by atoms with E-state index in [1.807, 2.05) is 0 Å². The molecule has 0 aromatic heterocycles. The summed E-state index contributed by atoms with van der Waals surface area (Å²) in [6.45, 7) is 5.84. The van der Waals surface area contributed by atoms with Crippen LogP contribution in [-0.4, -0.2) is 39.5 Å². The second-order valence-corrected chi connectivity index (χ2v) is 3.53. The first-order valence-electron chi connectivity index (χ1n) is 4.63. The lowest BCUT2D eigenvalue weighted by atomic mass is 10.2. The number of rotatable bonds is 5. The summed E-state index contributed by atoms with van der Waals surface area (Å²) in [5, 5.41) is 3.46. The summed E-state index contributed by atoms with van der Waals surface area (Å²) in [7, 11) is 1.75. The monoisotopic (exact) mass is 173 g/mol. The first kappa shape index (κ1) is 9.96. The molecule has 1 heterocycles. The maximum atomic E-state index is 5.26. The molecular weight excluding hydrogens is 154 g/mol. The lowest BCUT2D eigenvalue weighted by Crippen LogP contribution is -2.34. The van der Waals surface area contributed by atoms with Crippen molar-refractivity contribution >= 4 is 0 Å². The van der Waals surface area contributed by atoms with Gasteiger partial charge in [-0.05, 0) is 12.3 Å². The van der Waals surface area contributed by atoms with Crippen LogP contribution in [0, 0.1) is 5.92 Å². The third-order valence-electron chi connectivity index (χ3n) is 2.14. The topological polar surface area (TPSA) is 30.5 Å². The average molecular weight is 173 g/mol. The Bertz CT molecular complexity index is 113. The van der Waals surface area contributed by atoms with Gasteiger partial charge in [-0.25, -0.2) is 0 Å². The van der Waals surface area contributed by atoms with E-state index in [9.17, 15) is 0 Å². The van der Waals surface area contributed by atoms with Crippen molar-refractivity contribution in [1.82, 2.24) is 5.32 Å². The Morgan fingerprint density at radius 2 is 2.50 bits per heavy atom. The van der Waals surface area contributed by atoms with Crippen LogP contribution in [0.5, 0.6) is 0 Å². The summed E-state index contributed by atoms with van der Waals surface area (Å²) in [5.41, 5.74) is 0. The molecule has 3 nitrogen and oxygen atoms in total. The highest BCUT2D eigenvalue weighted by atomic mass is 16.5. The van der Waals surface area contributed by atoms with Crippen molar-refractivity contribution in [3.8, 4) is 0 Å². The Kier molecular flexibility index (Phi) is 4.58. The van der Waals surface area contributed by atoms with Gasteiger partial charge in [0.25, 0.3) is 0 Å². The summed E-state index contributed by atoms with van der Waals surface area (Å²) >= 11 is 0. The smallest absolute Gasteiger partial charge is 0.0620 e. The summed E-state index contributed by atoms with van der Waals surface area (Å²) in [6, 6.07) is 0.573. The Morgan fingerprint density at radius 1 is 1.67 bits per heavy atom. The van der Waals surface area contributed by atoms with Crippen LogP contribution in [0.1, 0.15) is 13.3 Å². The molecule has 0 radical (unpaired) electrons. The van der Waals surface area contributed by atoms with Crippen LogP contribution in [0.15, 0.2) is 0 Å². The minimum Gasteiger partial charge on any atom is -0.384 e. The molecule has 1 fully saturated rings. The maximum absolute atomic E-state index is 5.26. The van der Waals surface area contributed by atoms with Crippen molar-refractivity contribution in [1.29, 1.82) is 0 Å². The zero-order valence-electron chi connectivity index (χ0n) is 8.01. The van der Waals surface area contributed by atoms with E-state index in [1.54, 1.807) is 7.11 Å². The van der Waals surface area contributed by atoms with Crippen LogP contribution in [0.25, 0.3) is 0 Å². The van der Waals surface area contributed by atoms with Crippen LogP contribution < -0.4 is 5.32 Å². The molecule has 0 bridgehead atoms. The van der Waals surface area contributed by atoms with Crippen molar-refractivity contribution in [2.45, 2.75) is 19.4 Å². The lowest BCUT2D eigenvalue weighted by Gasteiger charge is -2.14. The Balaban J connectivity index is 1.99. The zero-order chi connectivity index (χ0) is 8.81. The van der Waals surface area contributed by atoms with Gasteiger partial charge in [-0.3, -0.25) is 0 Å². The van der Waals surface area contributed by atoms with Gasteiger partial charge in [0.1, 0.15) is 0 Å². The van der Waals surface area contributed by atoms with Gasteiger partial charge in [-0.1, -0.05) is 6.92 Å². The van der Waals surface area contributed by atoms with E-state index in [0.717, 1.165) is 32.8 Å². The fourth-order valence-electron chi connectivity index (χ4n) is 1.41. The summed E-state index contributed by atoms with van der Waals surface area (Å²) < 4.78 is 10.3. The number of ether oxygens (including phenoxy) is 2. The van der Waals surface area contributed by atoms with Gasteiger partial charge in [-0.2, -0.15) is 0 Å². The molecule has 0 spiro atoms. The van der Waals surface area contributed by atoms with Crippen molar-refractivity contribution in [3.63, 3.8) is 0 Å². The van der Waals surface area contributed by atoms with Crippen LogP contribution in [0.3, 0.4) is 0 Å². The Morgan fingerprint density at radius 3 is 3.08 bits per heavy atom. The number of nitrogens with one attached hydrogen (secondary N) is 1. The maximum Gasteiger partial charge on any atom is 0.0620 e. The van der Waals surface area contributed by atoms with E-state index < -0.39 is 0 Å². The predicted octanol–water partition coefficient (Wildman–Crippen LogP) is 0.647. The molecule has 12 heavy (non-hydrogen) atoms. The van der Waals surface area contributed by atoms with Crippen molar-refractivity contribution < 1.29 is 9.47 Å². The van der Waals surface area contributed by atoms with E-state index in [0.29, 0.717) is 12.0 Å². The predicted molar refractivity (Wildman–Crippen MR) is 48.3 cm³/mol. The molecule has 2 unspecified atom stereocenters. The van der Waals surface area contributed by atoms with Gasteiger partial charge in [-0.15, -0.1) is 0 Å². The Labute approximate surface area is 74.4 Å². The van der Waals surface area contributed by atoms with Crippen LogP contribution in [-0.2, 0) is 9.47 Å². The van der Waals surface area contributed by atoms with E-state index in [1.165, 1.54) is 0 Å². The number of hydrogen-bond donors (Lipinski definition) is 1. The molecule has 0 aromatic carbocycles. The normalized spacial score (nSPS) is 26.0. The number of hydrogen-bond acceptors (Lipinski definition) is 3. The molecule has 1 N–H and O–H groups in total. The highest BCUT2D eigenvalue weighted by molar-refractivity contribution is 4.71. The van der Waals surface area contributed by atoms with Gasteiger partial charge in [0.05, 0.1) is 6.61 Å². The largest absolute Gasteiger partial charge is 0.384 e. The van der Waals surface area contributed by atoms with E-state index in [4.69, 9.17) is 9.47 Å². The second-order valence-electron chi connectivity index (χ2n) is 3.53. The fourth-order valence-corrected chi connectivity index (χ4v) is 1.41. The van der Waals surface area contributed by atoms with Gasteiger partial charge < -0.3 is 14.8 Å². The first-order valence-corrected chi connectivity index (χ1v) is 4.63. The molecule has 1 rings (SSSR count). The first-order chi connectivity index (χ1) is 5.83. The quantitative estimate of drug-likeness (QED) is 0.662. The molecule has 1 aliphatic heterocycles. The molecule has 0 saturated carbocycles. The van der Waals surface area contributed by atoms with Crippen molar-refractivity contribution in [2.75, 3.05) is 33.5 Å². The molecule has 3 heteroatoms. The molecular formula is C9H19NO2. The molecule has 0 amide bonds.